The number of carbonyl (C=O) groups is 1. The Bertz CT molecular complexity index is 1240. The fraction of sp³-hybridized carbons (Fsp3) is 0.417. The van der Waals surface area contributed by atoms with E-state index in [1.54, 1.807) is 49.4 Å². The molecule has 0 radical (unpaired) electrons. The first kappa shape index (κ1) is 22.7. The molecular formula is C24H29N3O3S2. The lowest BCUT2D eigenvalue weighted by Gasteiger charge is -2.34. The minimum absolute atomic E-state index is 0.0693. The Morgan fingerprint density at radius 3 is 2.34 bits per heavy atom. The van der Waals surface area contributed by atoms with Gasteiger partial charge in [0.25, 0.3) is 0 Å². The number of benzene rings is 2. The van der Waals surface area contributed by atoms with Crippen LogP contribution in [-0.4, -0.2) is 55.6 Å². The maximum Gasteiger partial charge on any atom is 0.227 e. The van der Waals surface area contributed by atoms with E-state index in [9.17, 15) is 13.2 Å². The normalized spacial score (nSPS) is 15.0. The van der Waals surface area contributed by atoms with Gasteiger partial charge in [-0.05, 0) is 62.6 Å². The number of thiazole rings is 1. The number of aromatic nitrogens is 1. The first-order valence-electron chi connectivity index (χ1n) is 10.9. The van der Waals surface area contributed by atoms with Crippen molar-refractivity contribution in [1.82, 2.24) is 9.88 Å². The fourth-order valence-corrected chi connectivity index (χ4v) is 6.25. The van der Waals surface area contributed by atoms with Crippen molar-refractivity contribution in [3.63, 3.8) is 0 Å². The lowest BCUT2D eigenvalue weighted by Crippen LogP contribution is -2.49. The lowest BCUT2D eigenvalue weighted by molar-refractivity contribution is -0.130. The molecule has 170 valence electrons. The lowest BCUT2D eigenvalue weighted by atomic mass is 10.1. The van der Waals surface area contributed by atoms with Crippen LogP contribution < -0.4 is 4.90 Å². The molecule has 2 heterocycles. The number of amides is 1. The van der Waals surface area contributed by atoms with Gasteiger partial charge in [-0.1, -0.05) is 29.5 Å². The summed E-state index contributed by atoms with van der Waals surface area (Å²) in [6.45, 7) is 10.4. The van der Waals surface area contributed by atoms with Crippen LogP contribution in [0.5, 0.6) is 0 Å². The number of hydrogen-bond acceptors (Lipinski definition) is 6. The first-order chi connectivity index (χ1) is 15.1. The van der Waals surface area contributed by atoms with Gasteiger partial charge in [0.15, 0.2) is 15.0 Å². The number of aryl methyl sites for hydroxylation is 2. The molecule has 0 N–H and O–H groups in total. The van der Waals surface area contributed by atoms with Crippen LogP contribution in [-0.2, 0) is 21.1 Å². The quantitative estimate of drug-likeness (QED) is 0.563. The first-order valence-corrected chi connectivity index (χ1v) is 13.2. The summed E-state index contributed by atoms with van der Waals surface area (Å²) in [5.74, 6) is 0.0693. The third kappa shape index (κ3) is 4.52. The molecule has 32 heavy (non-hydrogen) atoms. The van der Waals surface area contributed by atoms with Gasteiger partial charge >= 0.3 is 0 Å². The van der Waals surface area contributed by atoms with E-state index in [2.05, 4.69) is 30.9 Å². The topological polar surface area (TPSA) is 70.6 Å². The van der Waals surface area contributed by atoms with Gasteiger partial charge in [-0.3, -0.25) is 4.79 Å². The molecule has 6 nitrogen and oxygen atoms in total. The van der Waals surface area contributed by atoms with Crippen molar-refractivity contribution in [1.29, 1.82) is 0 Å². The zero-order valence-electron chi connectivity index (χ0n) is 19.0. The molecule has 0 aliphatic carbocycles. The van der Waals surface area contributed by atoms with Crippen LogP contribution >= 0.6 is 11.3 Å². The molecule has 1 aliphatic rings. The Hall–Kier alpha value is -2.45. The van der Waals surface area contributed by atoms with Crippen molar-refractivity contribution >= 4 is 42.4 Å². The molecule has 1 fully saturated rings. The highest BCUT2D eigenvalue weighted by molar-refractivity contribution is 7.92. The van der Waals surface area contributed by atoms with Crippen molar-refractivity contribution < 1.29 is 13.2 Å². The molecule has 0 saturated carbocycles. The summed E-state index contributed by atoms with van der Waals surface area (Å²) in [6, 6.07) is 11.0. The van der Waals surface area contributed by atoms with Gasteiger partial charge in [0, 0.05) is 26.2 Å². The third-order valence-corrected chi connectivity index (χ3v) is 9.18. The van der Waals surface area contributed by atoms with Crippen LogP contribution in [0.25, 0.3) is 10.2 Å². The van der Waals surface area contributed by atoms with Gasteiger partial charge in [0.1, 0.15) is 0 Å². The van der Waals surface area contributed by atoms with E-state index in [4.69, 9.17) is 4.98 Å². The minimum atomic E-state index is -3.30. The van der Waals surface area contributed by atoms with Crippen LogP contribution in [0.1, 0.15) is 30.5 Å². The second-order valence-corrected chi connectivity index (χ2v) is 12.2. The highest BCUT2D eigenvalue weighted by Crippen LogP contribution is 2.32. The molecule has 1 aliphatic heterocycles. The van der Waals surface area contributed by atoms with E-state index in [1.165, 1.54) is 15.8 Å². The summed E-state index contributed by atoms with van der Waals surface area (Å²) in [7, 11) is -3.30. The molecule has 0 spiro atoms. The predicted molar refractivity (Wildman–Crippen MR) is 130 cm³/mol. The summed E-state index contributed by atoms with van der Waals surface area (Å²) in [5.41, 5.74) is 4.34. The van der Waals surface area contributed by atoms with E-state index in [0.717, 1.165) is 29.3 Å². The number of anilines is 1. The molecule has 1 amide bonds. The Kier molecular flexibility index (Phi) is 6.27. The largest absolute Gasteiger partial charge is 0.345 e. The monoisotopic (exact) mass is 471 g/mol. The van der Waals surface area contributed by atoms with Crippen LogP contribution in [0.3, 0.4) is 0 Å². The summed E-state index contributed by atoms with van der Waals surface area (Å²) in [4.78, 5) is 22.1. The van der Waals surface area contributed by atoms with Gasteiger partial charge in [-0.25, -0.2) is 13.4 Å². The number of nitrogens with zero attached hydrogens (tertiary/aromatic N) is 3. The van der Waals surface area contributed by atoms with Gasteiger partial charge < -0.3 is 9.80 Å². The van der Waals surface area contributed by atoms with E-state index >= 15 is 0 Å². The van der Waals surface area contributed by atoms with Gasteiger partial charge in [-0.2, -0.15) is 0 Å². The highest BCUT2D eigenvalue weighted by atomic mass is 32.2. The third-order valence-electron chi connectivity index (χ3n) is 5.95. The Morgan fingerprint density at radius 1 is 1.06 bits per heavy atom. The van der Waals surface area contributed by atoms with Crippen molar-refractivity contribution in [3.05, 3.63) is 53.1 Å². The van der Waals surface area contributed by atoms with Crippen molar-refractivity contribution in [2.75, 3.05) is 31.1 Å². The predicted octanol–water partition coefficient (Wildman–Crippen LogP) is 3.99. The summed E-state index contributed by atoms with van der Waals surface area (Å²) in [6.07, 6.45) is 0.279. The highest BCUT2D eigenvalue weighted by Gasteiger charge is 2.24. The number of hydrogen-bond donors (Lipinski definition) is 0. The number of carbonyl (C=O) groups excluding carboxylic acids is 1. The number of rotatable bonds is 5. The molecule has 4 rings (SSSR count). The summed E-state index contributed by atoms with van der Waals surface area (Å²) >= 11 is 1.71. The maximum absolute atomic E-state index is 12.8. The molecule has 0 atom stereocenters. The number of sulfone groups is 1. The van der Waals surface area contributed by atoms with Gasteiger partial charge in [0.2, 0.25) is 5.91 Å². The Morgan fingerprint density at radius 2 is 1.72 bits per heavy atom. The molecule has 8 heteroatoms. The molecule has 1 saturated heterocycles. The van der Waals surface area contributed by atoms with Crippen LogP contribution in [0.2, 0.25) is 0 Å². The average molecular weight is 472 g/mol. The molecule has 2 aromatic carbocycles. The minimum Gasteiger partial charge on any atom is -0.345 e. The van der Waals surface area contributed by atoms with Crippen molar-refractivity contribution in [3.8, 4) is 0 Å². The van der Waals surface area contributed by atoms with Gasteiger partial charge in [0.05, 0.1) is 26.8 Å². The van der Waals surface area contributed by atoms with Crippen LogP contribution in [0.4, 0.5) is 5.13 Å². The number of fused-ring (bicyclic) bond motifs is 1. The summed E-state index contributed by atoms with van der Waals surface area (Å²) in [5, 5.41) is 0.553. The Labute approximate surface area is 193 Å². The van der Waals surface area contributed by atoms with E-state index in [-0.39, 0.29) is 12.3 Å². The van der Waals surface area contributed by atoms with Crippen molar-refractivity contribution in [2.24, 2.45) is 0 Å². The van der Waals surface area contributed by atoms with Crippen LogP contribution in [0.15, 0.2) is 41.3 Å². The zero-order valence-corrected chi connectivity index (χ0v) is 20.6. The zero-order chi connectivity index (χ0) is 23.0. The van der Waals surface area contributed by atoms with E-state index in [1.807, 2.05) is 4.90 Å². The second-order valence-electron chi connectivity index (χ2n) is 8.71. The molecule has 0 bridgehead atoms. The fourth-order valence-electron chi connectivity index (χ4n) is 4.00. The van der Waals surface area contributed by atoms with E-state index < -0.39 is 15.1 Å². The number of piperazine rings is 1. The summed E-state index contributed by atoms with van der Waals surface area (Å²) < 4.78 is 25.7. The van der Waals surface area contributed by atoms with Crippen LogP contribution in [0, 0.1) is 13.8 Å². The second kappa shape index (κ2) is 8.83. The molecule has 3 aromatic rings. The Balaban J connectivity index is 1.37. The maximum atomic E-state index is 12.8. The van der Waals surface area contributed by atoms with Gasteiger partial charge in [-0.15, -0.1) is 0 Å². The SMILES string of the molecule is Cc1cc(C)c2nc(N3CCN(C(=O)Cc4ccc(S(=O)(=O)C(C)C)cc4)CC3)sc2c1. The van der Waals surface area contributed by atoms with Crippen molar-refractivity contribution in [2.45, 2.75) is 44.3 Å². The molecular weight excluding hydrogens is 442 g/mol. The smallest absolute Gasteiger partial charge is 0.227 e. The molecule has 0 unspecified atom stereocenters. The van der Waals surface area contributed by atoms with E-state index in [0.29, 0.717) is 18.0 Å². The average Bonchev–Trinajstić information content (AvgIpc) is 3.18. The standard InChI is InChI=1S/C24H29N3O3S2/c1-16(2)32(29,30)20-7-5-19(6-8-20)15-22(28)26-9-11-27(12-10-26)24-25-23-18(4)13-17(3)14-21(23)31-24/h5-8,13-14,16H,9-12,15H2,1-4H3. The molecule has 1 aromatic heterocycles.